The van der Waals surface area contributed by atoms with Gasteiger partial charge in [-0.3, -0.25) is 9.78 Å². The van der Waals surface area contributed by atoms with Crippen LogP contribution in [0.4, 0.5) is 0 Å². The fourth-order valence-corrected chi connectivity index (χ4v) is 3.43. The number of hydrogen-bond donors (Lipinski definition) is 1. The molecule has 1 aliphatic heterocycles. The molecule has 0 fully saturated rings. The molecule has 1 unspecified atom stereocenters. The maximum absolute atomic E-state index is 11.5. The van der Waals surface area contributed by atoms with Gasteiger partial charge in [0, 0.05) is 29.4 Å². The van der Waals surface area contributed by atoms with Crippen molar-refractivity contribution in [1.29, 1.82) is 0 Å². The minimum absolute atomic E-state index is 0.323. The van der Waals surface area contributed by atoms with E-state index in [9.17, 15) is 4.79 Å². The molecule has 0 spiro atoms. The number of amides is 1. The van der Waals surface area contributed by atoms with E-state index < -0.39 is 0 Å². The minimum Gasteiger partial charge on any atom is -0.366 e. The van der Waals surface area contributed by atoms with Crippen molar-refractivity contribution in [1.82, 2.24) is 9.55 Å². The first-order valence-electron chi connectivity index (χ1n) is 5.74. The normalized spacial score (nSPS) is 17.7. The lowest BCUT2D eigenvalue weighted by molar-refractivity contribution is 0.0999. The van der Waals surface area contributed by atoms with Crippen LogP contribution in [0.2, 0.25) is 0 Å². The highest BCUT2D eigenvalue weighted by molar-refractivity contribution is 7.98. The fourth-order valence-electron chi connectivity index (χ4n) is 2.35. The van der Waals surface area contributed by atoms with Crippen molar-refractivity contribution in [3.05, 3.63) is 41.9 Å². The van der Waals surface area contributed by atoms with Gasteiger partial charge in [0.1, 0.15) is 0 Å². The fraction of sp³-hybridized carbons (Fsp3) is 0.231. The Morgan fingerprint density at radius 1 is 1.61 bits per heavy atom. The lowest BCUT2D eigenvalue weighted by atomic mass is 10.2. The highest BCUT2D eigenvalue weighted by atomic mass is 32.2. The van der Waals surface area contributed by atoms with Crippen LogP contribution in [0, 0.1) is 0 Å². The van der Waals surface area contributed by atoms with E-state index in [0.717, 1.165) is 22.7 Å². The number of rotatable bonds is 2. The first-order valence-corrected chi connectivity index (χ1v) is 6.79. The topological polar surface area (TPSA) is 60.9 Å². The molecule has 92 valence electrons. The third-order valence-corrected chi connectivity index (χ3v) is 4.32. The third-order valence-electron chi connectivity index (χ3n) is 3.19. The van der Waals surface area contributed by atoms with Crippen molar-refractivity contribution in [2.45, 2.75) is 18.1 Å². The van der Waals surface area contributed by atoms with Gasteiger partial charge in [0.05, 0.1) is 16.6 Å². The number of pyridine rings is 1. The molecule has 3 heterocycles. The summed E-state index contributed by atoms with van der Waals surface area (Å²) in [4.78, 5) is 15.6. The molecular formula is C13H13N3OS. The second-order valence-corrected chi connectivity index (χ2v) is 5.58. The van der Waals surface area contributed by atoms with E-state index in [1.165, 1.54) is 0 Å². The Kier molecular flexibility index (Phi) is 2.63. The number of hydrogen-bond acceptors (Lipinski definition) is 3. The molecule has 1 aliphatic rings. The molecule has 0 bridgehead atoms. The Hall–Kier alpha value is -1.75. The van der Waals surface area contributed by atoms with Crippen LogP contribution in [0.5, 0.6) is 0 Å². The predicted molar refractivity (Wildman–Crippen MR) is 72.2 cm³/mol. The number of carbonyl (C=O) groups is 1. The zero-order chi connectivity index (χ0) is 12.7. The number of nitrogens with two attached hydrogens (primary N) is 1. The van der Waals surface area contributed by atoms with Crippen LogP contribution in [-0.4, -0.2) is 15.5 Å². The van der Waals surface area contributed by atoms with Crippen LogP contribution >= 0.6 is 11.8 Å². The summed E-state index contributed by atoms with van der Waals surface area (Å²) in [6.45, 7) is 2.13. The van der Waals surface area contributed by atoms with Gasteiger partial charge >= 0.3 is 0 Å². The molecule has 0 aliphatic carbocycles. The van der Waals surface area contributed by atoms with E-state index in [-0.39, 0.29) is 5.91 Å². The molecule has 4 nitrogen and oxygen atoms in total. The van der Waals surface area contributed by atoms with Crippen molar-refractivity contribution < 1.29 is 4.79 Å². The number of fused-ring (bicyclic) bond motifs is 1. The molecule has 2 aromatic heterocycles. The summed E-state index contributed by atoms with van der Waals surface area (Å²) >= 11 is 1.81. The van der Waals surface area contributed by atoms with Gasteiger partial charge in [0.2, 0.25) is 0 Å². The second kappa shape index (κ2) is 4.17. The molecule has 3 rings (SSSR count). The van der Waals surface area contributed by atoms with Crippen molar-refractivity contribution in [3.63, 3.8) is 0 Å². The molecule has 0 saturated heterocycles. The number of thioether (sulfide) groups is 1. The van der Waals surface area contributed by atoms with Crippen LogP contribution in [0.15, 0.2) is 30.6 Å². The first-order chi connectivity index (χ1) is 8.68. The number of carbonyl (C=O) groups excluding carboxylic acids is 1. The molecule has 18 heavy (non-hydrogen) atoms. The third kappa shape index (κ3) is 1.62. The predicted octanol–water partition coefficient (Wildman–Crippen LogP) is 2.41. The Balaban J connectivity index is 2.22. The summed E-state index contributed by atoms with van der Waals surface area (Å²) in [6.07, 6.45) is 3.55. The van der Waals surface area contributed by atoms with E-state index >= 15 is 0 Å². The average Bonchev–Trinajstić information content (AvgIpc) is 2.92. The SMILES string of the molecule is CC1SCc2c(C(N)=O)cc(-c3cccnc3)n21. The summed E-state index contributed by atoms with van der Waals surface area (Å²) < 4.78 is 2.18. The molecule has 5 heteroatoms. The van der Waals surface area contributed by atoms with E-state index in [4.69, 9.17) is 5.73 Å². The van der Waals surface area contributed by atoms with E-state index in [1.807, 2.05) is 36.2 Å². The zero-order valence-corrected chi connectivity index (χ0v) is 10.8. The van der Waals surface area contributed by atoms with Crippen molar-refractivity contribution in [3.8, 4) is 11.3 Å². The monoisotopic (exact) mass is 259 g/mol. The molecule has 0 aromatic carbocycles. The Morgan fingerprint density at radius 3 is 3.11 bits per heavy atom. The summed E-state index contributed by atoms with van der Waals surface area (Å²) in [5.74, 6) is 0.475. The van der Waals surface area contributed by atoms with Gasteiger partial charge in [-0.1, -0.05) is 0 Å². The summed E-state index contributed by atoms with van der Waals surface area (Å²) in [5.41, 5.74) is 9.14. The van der Waals surface area contributed by atoms with Crippen LogP contribution in [0.25, 0.3) is 11.3 Å². The molecular weight excluding hydrogens is 246 g/mol. The number of aromatic nitrogens is 2. The van der Waals surface area contributed by atoms with E-state index in [1.54, 1.807) is 6.20 Å². The van der Waals surface area contributed by atoms with Crippen molar-refractivity contribution >= 4 is 17.7 Å². The summed E-state index contributed by atoms with van der Waals surface area (Å²) in [5, 5.41) is 0.323. The molecule has 0 saturated carbocycles. The molecule has 2 aromatic rings. The van der Waals surface area contributed by atoms with Gasteiger partial charge in [-0.2, -0.15) is 0 Å². The summed E-state index contributed by atoms with van der Waals surface area (Å²) in [7, 11) is 0. The Morgan fingerprint density at radius 2 is 2.44 bits per heavy atom. The smallest absolute Gasteiger partial charge is 0.250 e. The van der Waals surface area contributed by atoms with Crippen molar-refractivity contribution in [2.75, 3.05) is 0 Å². The van der Waals surface area contributed by atoms with Gasteiger partial charge in [-0.05, 0) is 25.1 Å². The largest absolute Gasteiger partial charge is 0.366 e. The molecule has 0 radical (unpaired) electrons. The van der Waals surface area contributed by atoms with Crippen LogP contribution < -0.4 is 5.73 Å². The van der Waals surface area contributed by atoms with Gasteiger partial charge in [0.15, 0.2) is 0 Å². The Bertz CT molecular complexity index is 606. The zero-order valence-electron chi connectivity index (χ0n) is 9.96. The lowest BCUT2D eigenvalue weighted by Crippen LogP contribution is -2.12. The van der Waals surface area contributed by atoms with Gasteiger partial charge in [-0.15, -0.1) is 11.8 Å². The van der Waals surface area contributed by atoms with Gasteiger partial charge in [0.25, 0.3) is 5.91 Å². The van der Waals surface area contributed by atoms with E-state index in [2.05, 4.69) is 16.5 Å². The molecule has 1 atom stereocenters. The van der Waals surface area contributed by atoms with Gasteiger partial charge in [-0.25, -0.2) is 0 Å². The maximum Gasteiger partial charge on any atom is 0.250 e. The highest BCUT2D eigenvalue weighted by Gasteiger charge is 2.27. The first kappa shape index (κ1) is 11.3. The average molecular weight is 259 g/mol. The number of nitrogens with zero attached hydrogens (tertiary/aromatic N) is 2. The van der Waals surface area contributed by atoms with Crippen LogP contribution in [0.3, 0.4) is 0 Å². The maximum atomic E-state index is 11.5. The summed E-state index contributed by atoms with van der Waals surface area (Å²) in [6, 6.07) is 5.77. The highest BCUT2D eigenvalue weighted by Crippen LogP contribution is 2.42. The van der Waals surface area contributed by atoms with E-state index in [0.29, 0.717) is 10.9 Å². The lowest BCUT2D eigenvalue weighted by Gasteiger charge is -2.11. The quantitative estimate of drug-likeness (QED) is 0.901. The van der Waals surface area contributed by atoms with Crippen LogP contribution in [0.1, 0.15) is 28.3 Å². The minimum atomic E-state index is -0.358. The standard InChI is InChI=1S/C13H13N3OS/c1-8-16-11(9-3-2-4-15-6-9)5-10(13(14)17)12(16)7-18-8/h2-6,8H,7H2,1H3,(H2,14,17). The molecule has 2 N–H and O–H groups in total. The second-order valence-electron chi connectivity index (χ2n) is 4.28. The molecule has 1 amide bonds. The van der Waals surface area contributed by atoms with Crippen molar-refractivity contribution in [2.24, 2.45) is 5.73 Å². The van der Waals surface area contributed by atoms with Gasteiger partial charge < -0.3 is 10.3 Å². The number of primary amides is 1. The Labute approximate surface area is 109 Å². The van der Waals surface area contributed by atoms with Crippen LogP contribution in [-0.2, 0) is 5.75 Å².